The molecule has 0 spiro atoms. The average molecular weight is 205 g/mol. The highest BCUT2D eigenvalue weighted by molar-refractivity contribution is 5.89. The molecule has 0 aliphatic rings. The van der Waals surface area contributed by atoms with Gasteiger partial charge in [-0.15, -0.1) is 0 Å². The van der Waals surface area contributed by atoms with Crippen molar-refractivity contribution in [3.05, 3.63) is 71.8 Å². The monoisotopic (exact) mass is 205 g/mol. The smallest absolute Gasteiger partial charge is 0.0998 e. The maximum Gasteiger partial charge on any atom is 0.0998 e. The highest BCUT2D eigenvalue weighted by Crippen LogP contribution is 2.16. The number of hydrogen-bond acceptors (Lipinski definition) is 1. The number of hydrogen-bond donors (Lipinski definition) is 0. The molecule has 0 unspecified atom stereocenters. The zero-order chi connectivity index (χ0) is 11.2. The second-order valence-corrected chi connectivity index (χ2v) is 3.45. The summed E-state index contributed by atoms with van der Waals surface area (Å²) in [5, 5.41) is 9.12. The Bertz CT molecular complexity index is 518. The summed E-state index contributed by atoms with van der Waals surface area (Å²) in [5.41, 5.74) is 2.68. The van der Waals surface area contributed by atoms with Gasteiger partial charge in [-0.2, -0.15) is 5.26 Å². The van der Waals surface area contributed by atoms with Gasteiger partial charge in [0.2, 0.25) is 0 Å². The van der Waals surface area contributed by atoms with E-state index in [4.69, 9.17) is 5.26 Å². The summed E-state index contributed by atoms with van der Waals surface area (Å²) in [4.78, 5) is 0. The molecule has 0 amide bonds. The number of benzene rings is 2. The summed E-state index contributed by atoms with van der Waals surface area (Å²) >= 11 is 0. The first-order valence-corrected chi connectivity index (χ1v) is 5.12. The molecule has 0 bridgehead atoms. The van der Waals surface area contributed by atoms with E-state index in [-0.39, 0.29) is 0 Å². The first kappa shape index (κ1) is 10.2. The molecule has 2 rings (SSSR count). The zero-order valence-electron chi connectivity index (χ0n) is 8.80. The summed E-state index contributed by atoms with van der Waals surface area (Å²) in [6, 6.07) is 21.8. The van der Waals surface area contributed by atoms with Gasteiger partial charge < -0.3 is 0 Å². The first-order chi connectivity index (χ1) is 7.90. The van der Waals surface area contributed by atoms with Crippen LogP contribution in [0.5, 0.6) is 0 Å². The van der Waals surface area contributed by atoms with Gasteiger partial charge in [-0.1, -0.05) is 60.7 Å². The van der Waals surface area contributed by atoms with Crippen LogP contribution in [0.2, 0.25) is 0 Å². The van der Waals surface area contributed by atoms with Crippen molar-refractivity contribution >= 4 is 11.6 Å². The van der Waals surface area contributed by atoms with Crippen LogP contribution in [-0.2, 0) is 0 Å². The summed E-state index contributed by atoms with van der Waals surface area (Å²) in [7, 11) is 0. The van der Waals surface area contributed by atoms with Gasteiger partial charge in [0.15, 0.2) is 0 Å². The van der Waals surface area contributed by atoms with Crippen LogP contribution in [0.15, 0.2) is 60.7 Å². The molecule has 0 N–H and O–H groups in total. The number of allylic oxidation sites excluding steroid dienone is 1. The normalized spacial score (nSPS) is 10.8. The van der Waals surface area contributed by atoms with Crippen molar-refractivity contribution in [1.82, 2.24) is 0 Å². The molecular weight excluding hydrogens is 194 g/mol. The van der Waals surface area contributed by atoms with Crippen LogP contribution in [0, 0.1) is 11.3 Å². The Balaban J connectivity index is 2.39. The molecule has 1 heteroatoms. The van der Waals surface area contributed by atoms with Gasteiger partial charge in [-0.3, -0.25) is 0 Å². The molecule has 2 aromatic carbocycles. The summed E-state index contributed by atoms with van der Waals surface area (Å²) in [5.74, 6) is 0. The minimum absolute atomic E-state index is 0.687. The molecule has 0 aliphatic carbocycles. The van der Waals surface area contributed by atoms with E-state index in [0.29, 0.717) is 5.57 Å². The van der Waals surface area contributed by atoms with E-state index in [9.17, 15) is 0 Å². The summed E-state index contributed by atoms with van der Waals surface area (Å²) in [6.45, 7) is 0. The van der Waals surface area contributed by atoms with Crippen LogP contribution in [0.3, 0.4) is 0 Å². The van der Waals surface area contributed by atoms with Crippen molar-refractivity contribution < 1.29 is 0 Å². The maximum absolute atomic E-state index is 9.12. The SMILES string of the molecule is N#CC(=Cc1ccccc1)c1ccccc1. The Morgan fingerprint density at radius 3 is 2.00 bits per heavy atom. The molecule has 0 atom stereocenters. The Morgan fingerprint density at radius 2 is 1.44 bits per heavy atom. The van der Waals surface area contributed by atoms with Crippen LogP contribution < -0.4 is 0 Å². The average Bonchev–Trinajstić information content (AvgIpc) is 2.38. The van der Waals surface area contributed by atoms with Crippen LogP contribution >= 0.6 is 0 Å². The third kappa shape index (κ3) is 2.37. The minimum Gasteiger partial charge on any atom is -0.192 e. The third-order valence-corrected chi connectivity index (χ3v) is 2.32. The standard InChI is InChI=1S/C15H11N/c16-12-15(14-9-5-2-6-10-14)11-13-7-3-1-4-8-13/h1-11H. The number of rotatable bonds is 2. The fourth-order valence-electron chi connectivity index (χ4n) is 1.51. The molecule has 1 nitrogen and oxygen atoms in total. The van der Waals surface area contributed by atoms with Crippen LogP contribution in [-0.4, -0.2) is 0 Å². The summed E-state index contributed by atoms with van der Waals surface area (Å²) < 4.78 is 0. The lowest BCUT2D eigenvalue weighted by atomic mass is 10.0. The highest BCUT2D eigenvalue weighted by atomic mass is 14.2. The van der Waals surface area contributed by atoms with E-state index in [0.717, 1.165) is 11.1 Å². The topological polar surface area (TPSA) is 23.8 Å². The lowest BCUT2D eigenvalue weighted by molar-refractivity contribution is 1.52. The highest BCUT2D eigenvalue weighted by Gasteiger charge is 1.98. The molecule has 0 radical (unpaired) electrons. The van der Waals surface area contributed by atoms with Gasteiger partial charge in [0.25, 0.3) is 0 Å². The molecule has 2 aromatic rings. The fourth-order valence-corrected chi connectivity index (χ4v) is 1.51. The van der Waals surface area contributed by atoms with E-state index < -0.39 is 0 Å². The predicted molar refractivity (Wildman–Crippen MR) is 66.4 cm³/mol. The zero-order valence-corrected chi connectivity index (χ0v) is 8.80. The fraction of sp³-hybridized carbons (Fsp3) is 0. The predicted octanol–water partition coefficient (Wildman–Crippen LogP) is 3.75. The van der Waals surface area contributed by atoms with Crippen molar-refractivity contribution in [2.45, 2.75) is 0 Å². The van der Waals surface area contributed by atoms with Crippen LogP contribution in [0.25, 0.3) is 11.6 Å². The molecule has 0 saturated carbocycles. The number of nitrogens with zero attached hydrogens (tertiary/aromatic N) is 1. The minimum atomic E-state index is 0.687. The van der Waals surface area contributed by atoms with Gasteiger partial charge in [-0.05, 0) is 17.2 Å². The molecule has 16 heavy (non-hydrogen) atoms. The van der Waals surface area contributed by atoms with Gasteiger partial charge in [-0.25, -0.2) is 0 Å². The van der Waals surface area contributed by atoms with Gasteiger partial charge >= 0.3 is 0 Å². The first-order valence-electron chi connectivity index (χ1n) is 5.12. The lowest BCUT2D eigenvalue weighted by Crippen LogP contribution is -1.80. The molecular formula is C15H11N. The van der Waals surface area contributed by atoms with E-state index in [1.807, 2.05) is 66.7 Å². The van der Waals surface area contributed by atoms with Gasteiger partial charge in [0.1, 0.15) is 0 Å². The Morgan fingerprint density at radius 1 is 0.875 bits per heavy atom. The van der Waals surface area contributed by atoms with Crippen LogP contribution in [0.1, 0.15) is 11.1 Å². The summed E-state index contributed by atoms with van der Waals surface area (Å²) in [6.07, 6.45) is 1.90. The maximum atomic E-state index is 9.12. The number of nitriles is 1. The van der Waals surface area contributed by atoms with Crippen molar-refractivity contribution in [2.75, 3.05) is 0 Å². The van der Waals surface area contributed by atoms with Crippen molar-refractivity contribution in [3.8, 4) is 6.07 Å². The Hall–Kier alpha value is -2.33. The van der Waals surface area contributed by atoms with E-state index in [2.05, 4.69) is 6.07 Å². The third-order valence-electron chi connectivity index (χ3n) is 2.32. The largest absolute Gasteiger partial charge is 0.192 e. The van der Waals surface area contributed by atoms with Crippen molar-refractivity contribution in [3.63, 3.8) is 0 Å². The molecule has 0 saturated heterocycles. The van der Waals surface area contributed by atoms with Crippen molar-refractivity contribution in [1.29, 1.82) is 5.26 Å². The van der Waals surface area contributed by atoms with E-state index in [1.165, 1.54) is 0 Å². The van der Waals surface area contributed by atoms with Crippen LogP contribution in [0.4, 0.5) is 0 Å². The molecule has 0 fully saturated rings. The Kier molecular flexibility index (Phi) is 3.15. The Labute approximate surface area is 95.3 Å². The van der Waals surface area contributed by atoms with Gasteiger partial charge in [0, 0.05) is 0 Å². The van der Waals surface area contributed by atoms with Crippen molar-refractivity contribution in [2.24, 2.45) is 0 Å². The lowest BCUT2D eigenvalue weighted by Gasteiger charge is -1.98. The molecule has 76 valence electrons. The van der Waals surface area contributed by atoms with Gasteiger partial charge in [0.05, 0.1) is 11.6 Å². The van der Waals surface area contributed by atoms with E-state index in [1.54, 1.807) is 0 Å². The quantitative estimate of drug-likeness (QED) is 0.541. The molecule has 0 aromatic heterocycles. The second kappa shape index (κ2) is 4.95. The molecule has 0 heterocycles. The van der Waals surface area contributed by atoms with E-state index >= 15 is 0 Å². The molecule has 0 aliphatic heterocycles. The second-order valence-electron chi connectivity index (χ2n) is 3.45.